The van der Waals surface area contributed by atoms with E-state index in [9.17, 15) is 0 Å². The van der Waals surface area contributed by atoms with Crippen molar-refractivity contribution >= 4 is 0 Å². The largest absolute Gasteiger partial charge is 0.317 e. The summed E-state index contributed by atoms with van der Waals surface area (Å²) in [4.78, 5) is 0. The van der Waals surface area contributed by atoms with Gasteiger partial charge in [0.2, 0.25) is 0 Å². The summed E-state index contributed by atoms with van der Waals surface area (Å²) < 4.78 is 0. The smallest absolute Gasteiger partial charge is 0.00871 e. The molecule has 0 amide bonds. The van der Waals surface area contributed by atoms with Gasteiger partial charge >= 0.3 is 0 Å². The van der Waals surface area contributed by atoms with E-state index in [0.717, 1.165) is 17.9 Å². The highest BCUT2D eigenvalue weighted by Gasteiger charge is 2.17. The molecular formula is C12H25N. The second-order valence-corrected chi connectivity index (χ2v) is 4.87. The Morgan fingerprint density at radius 3 is 2.31 bits per heavy atom. The highest BCUT2D eigenvalue weighted by Crippen LogP contribution is 2.29. The maximum Gasteiger partial charge on any atom is 0.00871 e. The lowest BCUT2D eigenvalue weighted by Gasteiger charge is -2.21. The van der Waals surface area contributed by atoms with Crippen molar-refractivity contribution in [1.29, 1.82) is 0 Å². The van der Waals surface area contributed by atoms with Gasteiger partial charge in [-0.15, -0.1) is 0 Å². The van der Waals surface area contributed by atoms with E-state index in [0.29, 0.717) is 0 Å². The molecule has 1 aliphatic carbocycles. The fraction of sp³-hybridized carbons (Fsp3) is 1.00. The summed E-state index contributed by atoms with van der Waals surface area (Å²) >= 11 is 0. The van der Waals surface area contributed by atoms with Gasteiger partial charge in [-0.3, -0.25) is 0 Å². The summed E-state index contributed by atoms with van der Waals surface area (Å²) in [5.74, 6) is 1.83. The first kappa shape index (κ1) is 11.0. The Labute approximate surface area is 83.3 Å². The molecule has 13 heavy (non-hydrogen) atoms. The molecule has 0 aromatic heterocycles. The minimum Gasteiger partial charge on any atom is -0.317 e. The zero-order valence-corrected chi connectivity index (χ0v) is 9.47. The summed E-state index contributed by atoms with van der Waals surface area (Å²) in [6.45, 7) is 4.63. The number of rotatable bonds is 5. The van der Waals surface area contributed by atoms with E-state index in [4.69, 9.17) is 0 Å². The molecule has 0 saturated heterocycles. The fourth-order valence-corrected chi connectivity index (χ4v) is 2.53. The molecule has 1 saturated carbocycles. The monoisotopic (exact) mass is 183 g/mol. The van der Waals surface area contributed by atoms with Crippen molar-refractivity contribution in [1.82, 2.24) is 5.32 Å². The van der Waals surface area contributed by atoms with Gasteiger partial charge in [-0.25, -0.2) is 0 Å². The zero-order valence-electron chi connectivity index (χ0n) is 9.47. The van der Waals surface area contributed by atoms with Crippen molar-refractivity contribution < 1.29 is 0 Å². The van der Waals surface area contributed by atoms with Crippen LogP contribution in [0.5, 0.6) is 0 Å². The van der Waals surface area contributed by atoms with Gasteiger partial charge in [0.15, 0.2) is 0 Å². The first-order valence-corrected chi connectivity index (χ1v) is 5.91. The maximum absolute atomic E-state index is 3.43. The average molecular weight is 183 g/mol. The van der Waals surface area contributed by atoms with Crippen LogP contribution in [-0.4, -0.2) is 13.1 Å². The molecule has 1 atom stereocenters. The van der Waals surface area contributed by atoms with Crippen LogP contribution in [0.1, 0.15) is 52.4 Å². The third-order valence-corrected chi connectivity index (χ3v) is 3.54. The lowest BCUT2D eigenvalue weighted by Crippen LogP contribution is -2.30. The van der Waals surface area contributed by atoms with Crippen LogP contribution < -0.4 is 5.32 Å². The molecule has 1 heteroatoms. The zero-order chi connectivity index (χ0) is 9.68. The first-order valence-electron chi connectivity index (χ1n) is 5.91. The van der Waals surface area contributed by atoms with Crippen molar-refractivity contribution in [3.8, 4) is 0 Å². The molecule has 0 bridgehead atoms. The molecule has 1 N–H and O–H groups in total. The molecule has 0 heterocycles. The molecule has 0 aromatic rings. The van der Waals surface area contributed by atoms with Crippen LogP contribution in [0.2, 0.25) is 0 Å². The van der Waals surface area contributed by atoms with Crippen LogP contribution in [0.15, 0.2) is 0 Å². The van der Waals surface area contributed by atoms with Gasteiger partial charge in [-0.05, 0) is 31.7 Å². The number of hydrogen-bond acceptors (Lipinski definition) is 1. The number of nitrogens with one attached hydrogen (secondary N) is 1. The van der Waals surface area contributed by atoms with E-state index in [1.165, 1.54) is 38.5 Å². The predicted molar refractivity (Wildman–Crippen MR) is 58.9 cm³/mol. The van der Waals surface area contributed by atoms with Crippen LogP contribution in [0.3, 0.4) is 0 Å². The Morgan fingerprint density at radius 2 is 1.85 bits per heavy atom. The van der Waals surface area contributed by atoms with E-state index in [1.54, 1.807) is 0 Å². The minimum atomic E-state index is 0.737. The summed E-state index contributed by atoms with van der Waals surface area (Å²) in [5.41, 5.74) is 0. The standard InChI is InChI=1S/C12H25N/c1-10(2)12(13-3)9-8-11-6-4-5-7-11/h10-13H,4-9H2,1-3H3. The Hall–Kier alpha value is -0.0400. The van der Waals surface area contributed by atoms with Gasteiger partial charge < -0.3 is 5.32 Å². The Morgan fingerprint density at radius 1 is 1.23 bits per heavy atom. The molecule has 78 valence electrons. The Bertz CT molecular complexity index is 125. The third-order valence-electron chi connectivity index (χ3n) is 3.54. The Kier molecular flexibility index (Phi) is 4.79. The van der Waals surface area contributed by atoms with Crippen LogP contribution in [0, 0.1) is 11.8 Å². The quantitative estimate of drug-likeness (QED) is 0.690. The van der Waals surface area contributed by atoms with Crippen LogP contribution >= 0.6 is 0 Å². The molecule has 1 aliphatic rings. The van der Waals surface area contributed by atoms with E-state index in [2.05, 4.69) is 26.2 Å². The highest BCUT2D eigenvalue weighted by molar-refractivity contribution is 4.73. The fourth-order valence-electron chi connectivity index (χ4n) is 2.53. The van der Waals surface area contributed by atoms with Gasteiger partial charge in [0.05, 0.1) is 0 Å². The molecule has 1 nitrogen and oxygen atoms in total. The van der Waals surface area contributed by atoms with E-state index < -0.39 is 0 Å². The van der Waals surface area contributed by atoms with Crippen molar-refractivity contribution in [3.05, 3.63) is 0 Å². The molecule has 0 spiro atoms. The molecule has 1 rings (SSSR count). The minimum absolute atomic E-state index is 0.737. The molecular weight excluding hydrogens is 158 g/mol. The van der Waals surface area contributed by atoms with Crippen molar-refractivity contribution in [2.75, 3.05) is 7.05 Å². The van der Waals surface area contributed by atoms with Gasteiger partial charge in [-0.2, -0.15) is 0 Å². The lowest BCUT2D eigenvalue weighted by atomic mass is 9.93. The van der Waals surface area contributed by atoms with Gasteiger partial charge in [0.25, 0.3) is 0 Å². The predicted octanol–water partition coefficient (Wildman–Crippen LogP) is 3.20. The van der Waals surface area contributed by atoms with Crippen molar-refractivity contribution in [2.24, 2.45) is 11.8 Å². The van der Waals surface area contributed by atoms with E-state index in [-0.39, 0.29) is 0 Å². The van der Waals surface area contributed by atoms with Crippen LogP contribution in [0.25, 0.3) is 0 Å². The van der Waals surface area contributed by atoms with Crippen molar-refractivity contribution in [3.63, 3.8) is 0 Å². The molecule has 0 aliphatic heterocycles. The normalized spacial score (nSPS) is 21.2. The summed E-state index contributed by atoms with van der Waals surface area (Å²) in [7, 11) is 2.10. The SMILES string of the molecule is CNC(CCC1CCCC1)C(C)C. The maximum atomic E-state index is 3.43. The summed E-state index contributed by atoms with van der Waals surface area (Å²) in [6, 6.07) is 0.737. The third kappa shape index (κ3) is 3.68. The molecule has 0 aromatic carbocycles. The molecule has 0 radical (unpaired) electrons. The van der Waals surface area contributed by atoms with Gasteiger partial charge in [-0.1, -0.05) is 39.5 Å². The van der Waals surface area contributed by atoms with Crippen LogP contribution in [-0.2, 0) is 0 Å². The van der Waals surface area contributed by atoms with E-state index in [1.807, 2.05) is 0 Å². The second kappa shape index (κ2) is 5.64. The van der Waals surface area contributed by atoms with Gasteiger partial charge in [0, 0.05) is 6.04 Å². The molecule has 1 fully saturated rings. The topological polar surface area (TPSA) is 12.0 Å². The van der Waals surface area contributed by atoms with E-state index >= 15 is 0 Å². The average Bonchev–Trinajstić information content (AvgIpc) is 2.57. The molecule has 1 unspecified atom stereocenters. The van der Waals surface area contributed by atoms with Crippen LogP contribution in [0.4, 0.5) is 0 Å². The van der Waals surface area contributed by atoms with Gasteiger partial charge in [0.1, 0.15) is 0 Å². The summed E-state index contributed by atoms with van der Waals surface area (Å²) in [6.07, 6.45) is 8.78. The summed E-state index contributed by atoms with van der Waals surface area (Å²) in [5, 5.41) is 3.43. The first-order chi connectivity index (χ1) is 6.24. The number of hydrogen-bond donors (Lipinski definition) is 1. The highest BCUT2D eigenvalue weighted by atomic mass is 14.9. The lowest BCUT2D eigenvalue weighted by molar-refractivity contribution is 0.356. The second-order valence-electron chi connectivity index (χ2n) is 4.87. The Balaban J connectivity index is 2.15. The van der Waals surface area contributed by atoms with Crippen molar-refractivity contribution in [2.45, 2.75) is 58.4 Å².